The fourth-order valence-corrected chi connectivity index (χ4v) is 2.13. The molecular formula is C15H21N3O2. The van der Waals surface area contributed by atoms with Crippen LogP contribution in [0, 0.1) is 0 Å². The minimum Gasteiger partial charge on any atom is -0.396 e. The molecule has 2 aromatic rings. The third-order valence-corrected chi connectivity index (χ3v) is 3.76. The molecule has 2 rings (SSSR count). The molecule has 2 aromatic heterocycles. The Hall–Kier alpha value is -1.72. The largest absolute Gasteiger partial charge is 0.396 e. The monoisotopic (exact) mass is 275 g/mol. The highest BCUT2D eigenvalue weighted by molar-refractivity contribution is 5.37. The van der Waals surface area contributed by atoms with Gasteiger partial charge in [0.1, 0.15) is 5.65 Å². The fourth-order valence-electron chi connectivity index (χ4n) is 2.13. The molecule has 0 radical (unpaired) electrons. The molecule has 5 heteroatoms. The van der Waals surface area contributed by atoms with Crippen LogP contribution in [-0.2, 0) is 6.54 Å². The standard InChI is InChI=1S/C15H21N3O2/c1-3-15(2,7-9-19)16-11-12-10-14(20)18-8-5-4-6-13(18)17-12/h4-6,8,10,16,19H,3,7,9,11H2,1-2H3. The van der Waals surface area contributed by atoms with Gasteiger partial charge < -0.3 is 10.4 Å². The van der Waals surface area contributed by atoms with Gasteiger partial charge in [-0.15, -0.1) is 0 Å². The lowest BCUT2D eigenvalue weighted by Gasteiger charge is -2.29. The number of nitrogens with one attached hydrogen (secondary N) is 1. The van der Waals surface area contributed by atoms with Crippen molar-refractivity contribution in [2.75, 3.05) is 6.61 Å². The molecule has 0 amide bonds. The van der Waals surface area contributed by atoms with E-state index < -0.39 is 0 Å². The minimum atomic E-state index is -0.141. The van der Waals surface area contributed by atoms with Crippen LogP contribution < -0.4 is 10.9 Å². The second-order valence-electron chi connectivity index (χ2n) is 5.26. The van der Waals surface area contributed by atoms with E-state index >= 15 is 0 Å². The van der Waals surface area contributed by atoms with Gasteiger partial charge in [0.2, 0.25) is 0 Å². The van der Waals surface area contributed by atoms with Gasteiger partial charge in [-0.05, 0) is 31.9 Å². The summed E-state index contributed by atoms with van der Waals surface area (Å²) in [6, 6.07) is 7.04. The minimum absolute atomic E-state index is 0.0761. The van der Waals surface area contributed by atoms with Gasteiger partial charge in [-0.2, -0.15) is 0 Å². The van der Waals surface area contributed by atoms with E-state index in [1.807, 2.05) is 18.2 Å². The third kappa shape index (κ3) is 3.23. The Morgan fingerprint density at radius 1 is 1.45 bits per heavy atom. The molecule has 1 atom stereocenters. The van der Waals surface area contributed by atoms with Crippen LogP contribution >= 0.6 is 0 Å². The molecular weight excluding hydrogens is 254 g/mol. The van der Waals surface area contributed by atoms with Crippen LogP contribution in [0.3, 0.4) is 0 Å². The van der Waals surface area contributed by atoms with E-state index in [1.165, 1.54) is 4.40 Å². The number of hydrogen-bond donors (Lipinski definition) is 2. The normalized spacial score (nSPS) is 14.3. The van der Waals surface area contributed by atoms with Gasteiger partial charge in [-0.1, -0.05) is 13.0 Å². The maximum Gasteiger partial charge on any atom is 0.258 e. The molecule has 0 aliphatic rings. The summed E-state index contributed by atoms with van der Waals surface area (Å²) in [5, 5.41) is 12.5. The second-order valence-corrected chi connectivity index (χ2v) is 5.26. The Kier molecular flexibility index (Phi) is 4.52. The highest BCUT2D eigenvalue weighted by Gasteiger charge is 2.20. The average molecular weight is 275 g/mol. The van der Waals surface area contributed by atoms with Crippen LogP contribution in [0.25, 0.3) is 5.65 Å². The van der Waals surface area contributed by atoms with E-state index in [9.17, 15) is 4.79 Å². The molecule has 2 heterocycles. The molecule has 0 spiro atoms. The number of aliphatic hydroxyl groups is 1. The lowest BCUT2D eigenvalue weighted by Crippen LogP contribution is -2.42. The Bertz CT molecular complexity index is 638. The van der Waals surface area contributed by atoms with E-state index in [-0.39, 0.29) is 17.7 Å². The first-order valence-corrected chi connectivity index (χ1v) is 6.91. The SMILES string of the molecule is CCC(C)(CCO)NCc1cc(=O)n2ccccc2n1. The Morgan fingerprint density at radius 3 is 2.95 bits per heavy atom. The third-order valence-electron chi connectivity index (χ3n) is 3.76. The smallest absolute Gasteiger partial charge is 0.258 e. The molecule has 0 fully saturated rings. The molecule has 0 saturated carbocycles. The summed E-state index contributed by atoms with van der Waals surface area (Å²) in [5.41, 5.74) is 1.15. The molecule has 0 bridgehead atoms. The van der Waals surface area contributed by atoms with Gasteiger partial charge >= 0.3 is 0 Å². The molecule has 0 saturated heterocycles. The van der Waals surface area contributed by atoms with Crippen LogP contribution in [0.5, 0.6) is 0 Å². The number of hydrogen-bond acceptors (Lipinski definition) is 4. The summed E-state index contributed by atoms with van der Waals surface area (Å²) in [6.07, 6.45) is 3.29. The number of aliphatic hydroxyl groups excluding tert-OH is 1. The van der Waals surface area contributed by atoms with E-state index in [2.05, 4.69) is 24.1 Å². The van der Waals surface area contributed by atoms with Crippen molar-refractivity contribution in [2.45, 2.75) is 38.8 Å². The van der Waals surface area contributed by atoms with Gasteiger partial charge in [0.15, 0.2) is 0 Å². The van der Waals surface area contributed by atoms with Crippen molar-refractivity contribution in [1.82, 2.24) is 14.7 Å². The van der Waals surface area contributed by atoms with Crippen molar-refractivity contribution in [1.29, 1.82) is 0 Å². The molecule has 108 valence electrons. The van der Waals surface area contributed by atoms with Crippen molar-refractivity contribution in [3.8, 4) is 0 Å². The van der Waals surface area contributed by atoms with Crippen molar-refractivity contribution in [2.24, 2.45) is 0 Å². The van der Waals surface area contributed by atoms with E-state index in [0.717, 1.165) is 12.1 Å². The molecule has 1 unspecified atom stereocenters. The first kappa shape index (κ1) is 14.7. The van der Waals surface area contributed by atoms with Gasteiger partial charge in [-0.25, -0.2) is 4.98 Å². The molecule has 2 N–H and O–H groups in total. The molecule has 5 nitrogen and oxygen atoms in total. The summed E-state index contributed by atoms with van der Waals surface area (Å²) in [6.45, 7) is 4.80. The second kappa shape index (κ2) is 6.15. The lowest BCUT2D eigenvalue weighted by atomic mass is 9.95. The van der Waals surface area contributed by atoms with Crippen molar-refractivity contribution >= 4 is 5.65 Å². The highest BCUT2D eigenvalue weighted by Crippen LogP contribution is 2.14. The summed E-state index contributed by atoms with van der Waals surface area (Å²) in [7, 11) is 0. The average Bonchev–Trinajstić information content (AvgIpc) is 2.46. The number of fused-ring (bicyclic) bond motifs is 1. The van der Waals surface area contributed by atoms with Crippen LogP contribution in [0.15, 0.2) is 35.3 Å². The molecule has 0 aliphatic heterocycles. The Labute approximate surface area is 118 Å². The summed E-state index contributed by atoms with van der Waals surface area (Å²) in [5.74, 6) is 0. The van der Waals surface area contributed by atoms with E-state index in [1.54, 1.807) is 12.3 Å². The topological polar surface area (TPSA) is 66.6 Å². The molecule has 0 aliphatic carbocycles. The van der Waals surface area contributed by atoms with Gasteiger partial charge in [0.25, 0.3) is 5.56 Å². The quantitative estimate of drug-likeness (QED) is 0.835. The van der Waals surface area contributed by atoms with Gasteiger partial charge in [-0.3, -0.25) is 9.20 Å². The fraction of sp³-hybridized carbons (Fsp3) is 0.467. The predicted molar refractivity (Wildman–Crippen MR) is 78.7 cm³/mol. The highest BCUT2D eigenvalue weighted by atomic mass is 16.3. The summed E-state index contributed by atoms with van der Waals surface area (Å²) >= 11 is 0. The zero-order valence-corrected chi connectivity index (χ0v) is 12.0. The lowest BCUT2D eigenvalue weighted by molar-refractivity contribution is 0.214. The zero-order valence-electron chi connectivity index (χ0n) is 12.0. The summed E-state index contributed by atoms with van der Waals surface area (Å²) < 4.78 is 1.52. The van der Waals surface area contributed by atoms with Crippen LogP contribution in [-0.4, -0.2) is 26.6 Å². The van der Waals surface area contributed by atoms with Gasteiger partial charge in [0, 0.05) is 31.0 Å². The maximum atomic E-state index is 12.0. The number of aromatic nitrogens is 2. The van der Waals surface area contributed by atoms with Gasteiger partial charge in [0.05, 0.1) is 5.69 Å². The molecule has 0 aromatic carbocycles. The number of pyridine rings is 1. The zero-order chi connectivity index (χ0) is 14.6. The van der Waals surface area contributed by atoms with Crippen LogP contribution in [0.4, 0.5) is 0 Å². The number of nitrogens with zero attached hydrogens (tertiary/aromatic N) is 2. The van der Waals surface area contributed by atoms with E-state index in [4.69, 9.17) is 5.11 Å². The van der Waals surface area contributed by atoms with Crippen LogP contribution in [0.2, 0.25) is 0 Å². The number of rotatable bonds is 6. The summed E-state index contributed by atoms with van der Waals surface area (Å²) in [4.78, 5) is 16.4. The Balaban J connectivity index is 2.20. The Morgan fingerprint density at radius 2 is 2.25 bits per heavy atom. The van der Waals surface area contributed by atoms with Crippen molar-refractivity contribution < 1.29 is 5.11 Å². The predicted octanol–water partition coefficient (Wildman–Crippen LogP) is 1.34. The maximum absolute atomic E-state index is 12.0. The van der Waals surface area contributed by atoms with Crippen molar-refractivity contribution in [3.63, 3.8) is 0 Å². The van der Waals surface area contributed by atoms with E-state index in [0.29, 0.717) is 18.6 Å². The first-order chi connectivity index (χ1) is 9.58. The van der Waals surface area contributed by atoms with Crippen molar-refractivity contribution in [3.05, 3.63) is 46.5 Å². The first-order valence-electron chi connectivity index (χ1n) is 6.91. The molecule has 20 heavy (non-hydrogen) atoms. The van der Waals surface area contributed by atoms with Crippen LogP contribution in [0.1, 0.15) is 32.4 Å².